The summed E-state index contributed by atoms with van der Waals surface area (Å²) in [6.45, 7) is 11.6. The van der Waals surface area contributed by atoms with E-state index in [1.165, 1.54) is 16.0 Å². The maximum Gasteiger partial charge on any atom is 0.191 e. The van der Waals surface area contributed by atoms with Gasteiger partial charge >= 0.3 is 0 Å². The van der Waals surface area contributed by atoms with Crippen molar-refractivity contribution >= 4 is 41.3 Å². The molecule has 1 atom stereocenters. The number of nitrogens with one attached hydrogen (secondary N) is 2. The van der Waals surface area contributed by atoms with E-state index in [9.17, 15) is 0 Å². The van der Waals surface area contributed by atoms with Gasteiger partial charge < -0.3 is 15.4 Å². The van der Waals surface area contributed by atoms with Crippen LogP contribution in [-0.4, -0.2) is 50.3 Å². The van der Waals surface area contributed by atoms with E-state index >= 15 is 0 Å². The van der Waals surface area contributed by atoms with E-state index in [2.05, 4.69) is 71.2 Å². The fourth-order valence-corrected chi connectivity index (χ4v) is 4.26. The van der Waals surface area contributed by atoms with Gasteiger partial charge in [0.05, 0.1) is 19.8 Å². The average molecular weight is 543 g/mol. The smallest absolute Gasteiger partial charge is 0.191 e. The van der Waals surface area contributed by atoms with E-state index in [4.69, 9.17) is 9.73 Å². The van der Waals surface area contributed by atoms with Crippen molar-refractivity contribution in [2.45, 2.75) is 33.4 Å². The molecule has 0 bridgehead atoms. The second-order valence-electron chi connectivity index (χ2n) is 7.67. The number of hydrogen-bond acceptors (Lipinski definition) is 4. The Morgan fingerprint density at radius 3 is 2.53 bits per heavy atom. The number of rotatable bonds is 9. The maximum absolute atomic E-state index is 5.42. The Labute approximate surface area is 202 Å². The first-order valence-corrected chi connectivity index (χ1v) is 11.5. The quantitative estimate of drug-likeness (QED) is 0.284. The summed E-state index contributed by atoms with van der Waals surface area (Å²) in [6.07, 6.45) is 1.11. The van der Waals surface area contributed by atoms with E-state index in [1.54, 1.807) is 0 Å². The summed E-state index contributed by atoms with van der Waals surface area (Å²) in [7, 11) is 0. The van der Waals surface area contributed by atoms with Crippen LogP contribution in [0, 0.1) is 5.92 Å². The van der Waals surface area contributed by atoms with Gasteiger partial charge in [0, 0.05) is 37.6 Å². The van der Waals surface area contributed by atoms with Crippen LogP contribution >= 0.6 is 35.3 Å². The summed E-state index contributed by atoms with van der Waals surface area (Å²) in [6, 6.07) is 13.2. The highest BCUT2D eigenvalue weighted by atomic mass is 127. The third-order valence-corrected chi connectivity index (χ3v) is 5.94. The molecule has 1 fully saturated rings. The van der Waals surface area contributed by atoms with E-state index in [1.807, 2.05) is 11.3 Å². The molecular weight excluding hydrogens is 507 g/mol. The Hall–Kier alpha value is -1.16. The van der Waals surface area contributed by atoms with Gasteiger partial charge in [-0.25, -0.2) is 4.99 Å². The first-order valence-electron chi connectivity index (χ1n) is 10.7. The van der Waals surface area contributed by atoms with E-state index in [-0.39, 0.29) is 24.0 Å². The predicted octanol–water partition coefficient (Wildman–Crippen LogP) is 4.13. The van der Waals surface area contributed by atoms with Gasteiger partial charge in [0.2, 0.25) is 0 Å². The van der Waals surface area contributed by atoms with Crippen molar-refractivity contribution in [3.05, 3.63) is 57.8 Å². The van der Waals surface area contributed by atoms with Crippen LogP contribution in [0.3, 0.4) is 0 Å². The van der Waals surface area contributed by atoms with Crippen molar-refractivity contribution < 1.29 is 4.74 Å². The second-order valence-corrected chi connectivity index (χ2v) is 8.70. The summed E-state index contributed by atoms with van der Waals surface area (Å²) >= 11 is 1.83. The molecule has 5 nitrogen and oxygen atoms in total. The molecule has 30 heavy (non-hydrogen) atoms. The van der Waals surface area contributed by atoms with Gasteiger partial charge in [0.1, 0.15) is 0 Å². The molecule has 0 saturated carbocycles. The van der Waals surface area contributed by atoms with Crippen LogP contribution in [0.2, 0.25) is 0 Å². The lowest BCUT2D eigenvalue weighted by Gasteiger charge is -2.26. The zero-order valence-corrected chi connectivity index (χ0v) is 21.2. The number of aliphatic imine (C=N–C) groups is 1. The van der Waals surface area contributed by atoms with Crippen LogP contribution in [0.5, 0.6) is 0 Å². The lowest BCUT2D eigenvalue weighted by atomic mass is 10.1. The highest BCUT2D eigenvalue weighted by Gasteiger charge is 2.10. The zero-order valence-electron chi connectivity index (χ0n) is 18.1. The Morgan fingerprint density at radius 2 is 1.87 bits per heavy atom. The van der Waals surface area contributed by atoms with Crippen molar-refractivity contribution in [1.82, 2.24) is 15.5 Å². The van der Waals surface area contributed by atoms with Gasteiger partial charge in [-0.15, -0.1) is 35.3 Å². The molecule has 166 valence electrons. The highest BCUT2D eigenvalue weighted by Crippen LogP contribution is 2.14. The number of benzene rings is 1. The number of morpholine rings is 1. The lowest BCUT2D eigenvalue weighted by molar-refractivity contribution is 0.0342. The number of ether oxygens (including phenoxy) is 1. The van der Waals surface area contributed by atoms with Crippen molar-refractivity contribution in [2.24, 2.45) is 10.9 Å². The molecule has 1 aromatic carbocycles. The molecule has 1 aromatic heterocycles. The maximum atomic E-state index is 5.42. The number of hydrogen-bond donors (Lipinski definition) is 2. The van der Waals surface area contributed by atoms with E-state index in [0.29, 0.717) is 12.5 Å². The summed E-state index contributed by atoms with van der Waals surface area (Å²) in [4.78, 5) is 8.66. The molecule has 2 N–H and O–H groups in total. The SMILES string of the molecule is CCNC(=NCc1ccc(CN2CCOCC2)cc1)NCC(C)Cc1cccs1.I. The van der Waals surface area contributed by atoms with Gasteiger partial charge in [0.15, 0.2) is 5.96 Å². The van der Waals surface area contributed by atoms with Gasteiger partial charge in [-0.2, -0.15) is 0 Å². The van der Waals surface area contributed by atoms with Crippen molar-refractivity contribution in [3.63, 3.8) is 0 Å². The van der Waals surface area contributed by atoms with Gasteiger partial charge in [0.25, 0.3) is 0 Å². The molecule has 2 aromatic rings. The minimum absolute atomic E-state index is 0. The van der Waals surface area contributed by atoms with Crippen LogP contribution in [0.15, 0.2) is 46.8 Å². The van der Waals surface area contributed by atoms with Crippen LogP contribution in [-0.2, 0) is 24.2 Å². The molecule has 1 saturated heterocycles. The third kappa shape index (κ3) is 8.91. The van der Waals surface area contributed by atoms with Crippen molar-refractivity contribution in [3.8, 4) is 0 Å². The highest BCUT2D eigenvalue weighted by molar-refractivity contribution is 14.0. The Balaban J connectivity index is 0.00000320. The fourth-order valence-electron chi connectivity index (χ4n) is 3.39. The number of guanidine groups is 1. The normalized spacial score (nSPS) is 16.0. The Morgan fingerprint density at radius 1 is 1.13 bits per heavy atom. The van der Waals surface area contributed by atoms with Crippen LogP contribution < -0.4 is 10.6 Å². The Kier molecular flexibility index (Phi) is 11.7. The molecule has 0 radical (unpaired) electrons. The molecule has 3 rings (SSSR count). The number of halogens is 1. The van der Waals surface area contributed by atoms with Crippen LogP contribution in [0.25, 0.3) is 0 Å². The molecule has 0 aliphatic carbocycles. The summed E-state index contributed by atoms with van der Waals surface area (Å²) in [5, 5.41) is 9.00. The van der Waals surface area contributed by atoms with Gasteiger partial charge in [-0.1, -0.05) is 37.3 Å². The summed E-state index contributed by atoms with van der Waals surface area (Å²) in [5.74, 6) is 1.46. The van der Waals surface area contributed by atoms with Crippen molar-refractivity contribution in [1.29, 1.82) is 0 Å². The number of nitrogens with zero attached hydrogens (tertiary/aromatic N) is 2. The topological polar surface area (TPSA) is 48.9 Å². The molecule has 0 amide bonds. The molecule has 1 unspecified atom stereocenters. The number of thiophene rings is 1. The minimum atomic E-state index is 0. The minimum Gasteiger partial charge on any atom is -0.379 e. The molecule has 7 heteroatoms. The zero-order chi connectivity index (χ0) is 20.3. The molecular formula is C23H35IN4OS. The largest absolute Gasteiger partial charge is 0.379 e. The Bertz CT molecular complexity index is 730. The van der Waals surface area contributed by atoms with Crippen LogP contribution in [0.4, 0.5) is 0 Å². The standard InChI is InChI=1S/C23H34N4OS.HI/c1-3-24-23(25-16-19(2)15-22-5-4-14-29-22)26-17-20-6-8-21(9-7-20)18-27-10-12-28-13-11-27;/h4-9,14,19H,3,10-13,15-18H2,1-2H3,(H2,24,25,26);1H. The summed E-state index contributed by atoms with van der Waals surface area (Å²) < 4.78 is 5.42. The first-order chi connectivity index (χ1) is 14.2. The molecule has 1 aliphatic heterocycles. The van der Waals surface area contributed by atoms with Crippen LogP contribution in [0.1, 0.15) is 29.9 Å². The average Bonchev–Trinajstić information content (AvgIpc) is 3.25. The lowest BCUT2D eigenvalue weighted by Crippen LogP contribution is -2.39. The van der Waals surface area contributed by atoms with Gasteiger partial charge in [-0.3, -0.25) is 4.90 Å². The van der Waals surface area contributed by atoms with E-state index < -0.39 is 0 Å². The molecule has 1 aliphatic rings. The second kappa shape index (κ2) is 14.0. The van der Waals surface area contributed by atoms with Gasteiger partial charge in [-0.05, 0) is 41.8 Å². The van der Waals surface area contributed by atoms with E-state index in [0.717, 1.165) is 58.3 Å². The first kappa shape index (κ1) is 25.1. The van der Waals surface area contributed by atoms with Crippen molar-refractivity contribution in [2.75, 3.05) is 39.4 Å². The molecule has 0 spiro atoms. The predicted molar refractivity (Wildman–Crippen MR) is 138 cm³/mol. The summed E-state index contributed by atoms with van der Waals surface area (Å²) in [5.41, 5.74) is 2.59. The molecule has 2 heterocycles. The fraction of sp³-hybridized carbons (Fsp3) is 0.522. The third-order valence-electron chi connectivity index (χ3n) is 5.04. The monoisotopic (exact) mass is 542 g/mol.